The molecule has 5 nitrogen and oxygen atoms in total. The summed E-state index contributed by atoms with van der Waals surface area (Å²) < 4.78 is 16.0. The Labute approximate surface area is 117 Å². The minimum atomic E-state index is -0.636. The molecule has 0 radical (unpaired) electrons. The van der Waals surface area contributed by atoms with E-state index in [0.29, 0.717) is 32.8 Å². The van der Waals surface area contributed by atoms with Crippen LogP contribution in [0.15, 0.2) is 0 Å². The van der Waals surface area contributed by atoms with Crippen LogP contribution < -0.4 is 5.32 Å². The molecule has 0 fully saturated rings. The molecule has 114 valence electrons. The van der Waals surface area contributed by atoms with E-state index in [2.05, 4.69) is 5.32 Å². The lowest BCUT2D eigenvalue weighted by atomic mass is 9.96. The fourth-order valence-corrected chi connectivity index (χ4v) is 1.66. The van der Waals surface area contributed by atoms with Gasteiger partial charge in [0.2, 0.25) is 0 Å². The van der Waals surface area contributed by atoms with Crippen molar-refractivity contribution in [1.82, 2.24) is 5.32 Å². The van der Waals surface area contributed by atoms with Crippen LogP contribution in [-0.4, -0.2) is 51.1 Å². The fourth-order valence-electron chi connectivity index (χ4n) is 1.66. The lowest BCUT2D eigenvalue weighted by Gasteiger charge is -2.26. The van der Waals surface area contributed by atoms with E-state index in [1.165, 1.54) is 0 Å². The maximum atomic E-state index is 11.8. The van der Waals surface area contributed by atoms with Gasteiger partial charge in [0.25, 0.3) is 0 Å². The summed E-state index contributed by atoms with van der Waals surface area (Å²) in [6.45, 7) is 9.94. The summed E-state index contributed by atoms with van der Waals surface area (Å²) in [5, 5.41) is 3.03. The third kappa shape index (κ3) is 7.50. The molecule has 2 atom stereocenters. The molecule has 0 aromatic rings. The summed E-state index contributed by atoms with van der Waals surface area (Å²) in [4.78, 5) is 11.8. The highest BCUT2D eigenvalue weighted by Gasteiger charge is 2.32. The lowest BCUT2D eigenvalue weighted by Crippen LogP contribution is -2.48. The molecule has 0 rings (SSSR count). The van der Waals surface area contributed by atoms with E-state index in [0.717, 1.165) is 6.42 Å². The Hall–Kier alpha value is -0.650. The number of carbonyl (C=O) groups excluding carboxylic acids is 1. The first kappa shape index (κ1) is 18.4. The normalized spacial score (nSPS) is 15.8. The zero-order chi connectivity index (χ0) is 14.7. The molecule has 0 aliphatic carbocycles. The molecule has 5 heteroatoms. The van der Waals surface area contributed by atoms with Crippen molar-refractivity contribution in [2.24, 2.45) is 0 Å². The van der Waals surface area contributed by atoms with Crippen LogP contribution in [-0.2, 0) is 19.0 Å². The summed E-state index contributed by atoms with van der Waals surface area (Å²) in [6.07, 6.45) is 1.57. The molecule has 0 aliphatic rings. The molecule has 0 saturated carbocycles. The van der Waals surface area contributed by atoms with Crippen LogP contribution in [0.25, 0.3) is 0 Å². The van der Waals surface area contributed by atoms with Crippen molar-refractivity contribution in [2.45, 2.75) is 52.2 Å². The molecular weight excluding hydrogens is 246 g/mol. The van der Waals surface area contributed by atoms with Gasteiger partial charge in [-0.25, -0.2) is 0 Å². The Morgan fingerprint density at radius 1 is 1.32 bits per heavy atom. The molecule has 1 N–H and O–H groups in total. The van der Waals surface area contributed by atoms with Crippen molar-refractivity contribution in [3.63, 3.8) is 0 Å². The van der Waals surface area contributed by atoms with Crippen molar-refractivity contribution in [1.29, 1.82) is 0 Å². The standard InChI is InChI=1S/C14H29NO4/c1-6-17-11-12(3)19-10-8-9-14(4,15-5)13(16)18-7-2/h12,15H,6-11H2,1-5H3. The van der Waals surface area contributed by atoms with Gasteiger partial charge in [-0.2, -0.15) is 0 Å². The van der Waals surface area contributed by atoms with Crippen LogP contribution in [0, 0.1) is 0 Å². The molecule has 2 unspecified atom stereocenters. The predicted octanol–water partition coefficient (Wildman–Crippen LogP) is 1.75. The van der Waals surface area contributed by atoms with E-state index in [1.54, 1.807) is 7.05 Å². The quantitative estimate of drug-likeness (QED) is 0.460. The molecule has 0 spiro atoms. The SMILES string of the molecule is CCOCC(C)OCCCC(C)(NC)C(=O)OCC. The second kappa shape index (κ2) is 10.2. The molecule has 0 aromatic heterocycles. The van der Waals surface area contributed by atoms with Gasteiger partial charge in [-0.3, -0.25) is 4.79 Å². The van der Waals surface area contributed by atoms with Crippen LogP contribution in [0.5, 0.6) is 0 Å². The van der Waals surface area contributed by atoms with Gasteiger partial charge in [-0.1, -0.05) is 0 Å². The van der Waals surface area contributed by atoms with Crippen LogP contribution >= 0.6 is 0 Å². The van der Waals surface area contributed by atoms with E-state index in [-0.39, 0.29) is 12.1 Å². The van der Waals surface area contributed by atoms with Crippen LogP contribution in [0.2, 0.25) is 0 Å². The van der Waals surface area contributed by atoms with E-state index in [4.69, 9.17) is 14.2 Å². The number of rotatable bonds is 11. The van der Waals surface area contributed by atoms with Crippen molar-refractivity contribution in [3.05, 3.63) is 0 Å². The van der Waals surface area contributed by atoms with E-state index < -0.39 is 5.54 Å². The van der Waals surface area contributed by atoms with E-state index in [1.807, 2.05) is 27.7 Å². The first-order valence-electron chi connectivity index (χ1n) is 7.05. The van der Waals surface area contributed by atoms with Crippen molar-refractivity contribution in [3.8, 4) is 0 Å². The van der Waals surface area contributed by atoms with E-state index >= 15 is 0 Å². The van der Waals surface area contributed by atoms with Crippen molar-refractivity contribution >= 4 is 5.97 Å². The fraction of sp³-hybridized carbons (Fsp3) is 0.929. The maximum absolute atomic E-state index is 11.8. The number of hydrogen-bond donors (Lipinski definition) is 1. The minimum Gasteiger partial charge on any atom is -0.465 e. The van der Waals surface area contributed by atoms with Gasteiger partial charge < -0.3 is 19.5 Å². The summed E-state index contributed by atoms with van der Waals surface area (Å²) in [7, 11) is 1.77. The Balaban J connectivity index is 3.92. The second-order valence-electron chi connectivity index (χ2n) is 4.75. The number of likely N-dealkylation sites (N-methyl/N-ethyl adjacent to an activating group) is 1. The lowest BCUT2D eigenvalue weighted by molar-refractivity contribution is -0.150. The maximum Gasteiger partial charge on any atom is 0.326 e. The summed E-state index contributed by atoms with van der Waals surface area (Å²) in [6, 6.07) is 0. The average Bonchev–Trinajstić information content (AvgIpc) is 2.41. The number of nitrogens with one attached hydrogen (secondary N) is 1. The third-order valence-corrected chi connectivity index (χ3v) is 3.06. The number of esters is 1. The Morgan fingerprint density at radius 3 is 2.53 bits per heavy atom. The van der Waals surface area contributed by atoms with Gasteiger partial charge in [0, 0.05) is 13.2 Å². The number of hydrogen-bond acceptors (Lipinski definition) is 5. The van der Waals surface area contributed by atoms with Gasteiger partial charge in [0.05, 0.1) is 19.3 Å². The van der Waals surface area contributed by atoms with Gasteiger partial charge in [0.1, 0.15) is 5.54 Å². The molecule has 0 amide bonds. The first-order chi connectivity index (χ1) is 9.00. The van der Waals surface area contributed by atoms with Gasteiger partial charge >= 0.3 is 5.97 Å². The summed E-state index contributed by atoms with van der Waals surface area (Å²) in [5.74, 6) is -0.208. The zero-order valence-electron chi connectivity index (χ0n) is 13.0. The average molecular weight is 275 g/mol. The Morgan fingerprint density at radius 2 is 2.00 bits per heavy atom. The molecular formula is C14H29NO4. The van der Waals surface area contributed by atoms with Crippen LogP contribution in [0.1, 0.15) is 40.5 Å². The molecule has 19 heavy (non-hydrogen) atoms. The highest BCUT2D eigenvalue weighted by molar-refractivity contribution is 5.80. The molecule has 0 aromatic carbocycles. The highest BCUT2D eigenvalue weighted by Crippen LogP contribution is 2.14. The monoisotopic (exact) mass is 275 g/mol. The largest absolute Gasteiger partial charge is 0.465 e. The zero-order valence-corrected chi connectivity index (χ0v) is 13.0. The molecule has 0 aliphatic heterocycles. The Bertz CT molecular complexity index is 248. The topological polar surface area (TPSA) is 56.8 Å². The van der Waals surface area contributed by atoms with Crippen molar-refractivity contribution < 1.29 is 19.0 Å². The van der Waals surface area contributed by atoms with Crippen molar-refractivity contribution in [2.75, 3.05) is 33.5 Å². The second-order valence-corrected chi connectivity index (χ2v) is 4.75. The highest BCUT2D eigenvalue weighted by atomic mass is 16.5. The first-order valence-corrected chi connectivity index (χ1v) is 7.05. The van der Waals surface area contributed by atoms with Gasteiger partial charge in [-0.15, -0.1) is 0 Å². The molecule has 0 saturated heterocycles. The molecule has 0 heterocycles. The minimum absolute atomic E-state index is 0.0865. The van der Waals surface area contributed by atoms with Gasteiger partial charge in [-0.05, 0) is 47.6 Å². The third-order valence-electron chi connectivity index (χ3n) is 3.06. The predicted molar refractivity (Wildman–Crippen MR) is 75.2 cm³/mol. The van der Waals surface area contributed by atoms with Crippen LogP contribution in [0.4, 0.5) is 0 Å². The summed E-state index contributed by atoms with van der Waals surface area (Å²) >= 11 is 0. The number of carbonyl (C=O) groups is 1. The van der Waals surface area contributed by atoms with Crippen LogP contribution in [0.3, 0.4) is 0 Å². The number of ether oxygens (including phenoxy) is 3. The van der Waals surface area contributed by atoms with Gasteiger partial charge in [0.15, 0.2) is 0 Å². The molecule has 0 bridgehead atoms. The summed E-state index contributed by atoms with van der Waals surface area (Å²) in [5.41, 5.74) is -0.636. The van der Waals surface area contributed by atoms with E-state index in [9.17, 15) is 4.79 Å². The smallest absolute Gasteiger partial charge is 0.326 e. The Kier molecular flexibility index (Phi) is 9.83.